The van der Waals surface area contributed by atoms with Crippen LogP contribution in [0.4, 0.5) is 13.2 Å². The van der Waals surface area contributed by atoms with E-state index >= 15 is 0 Å². The third-order valence-electron chi connectivity index (χ3n) is 1.89. The van der Waals surface area contributed by atoms with E-state index in [4.69, 9.17) is 0 Å². The molecule has 1 heterocycles. The minimum absolute atomic E-state index is 0.178. The average molecular weight is 298 g/mol. The van der Waals surface area contributed by atoms with Gasteiger partial charge in [-0.15, -0.1) is 0 Å². The lowest BCUT2D eigenvalue weighted by molar-refractivity contribution is -0.139. The van der Waals surface area contributed by atoms with Crippen molar-refractivity contribution in [2.75, 3.05) is 7.11 Å². The number of aromatic nitrogens is 1. The van der Waals surface area contributed by atoms with Crippen LogP contribution in [0, 0.1) is 5.82 Å². The van der Waals surface area contributed by atoms with Gasteiger partial charge in [-0.1, -0.05) is 0 Å². The summed E-state index contributed by atoms with van der Waals surface area (Å²) >= 11 is 2.78. The first-order valence-electron chi connectivity index (χ1n) is 4.15. The van der Waals surface area contributed by atoms with Crippen molar-refractivity contribution in [2.45, 2.75) is 12.8 Å². The summed E-state index contributed by atoms with van der Waals surface area (Å²) in [6.07, 6.45) is -2.70. The molecule has 0 aliphatic carbocycles. The average Bonchev–Trinajstić information content (AvgIpc) is 2.22. The van der Waals surface area contributed by atoms with E-state index in [-0.39, 0.29) is 4.60 Å². The lowest BCUT2D eigenvalue weighted by atomic mass is 10.1. The second-order valence-electron chi connectivity index (χ2n) is 2.84. The zero-order chi connectivity index (χ0) is 12.3. The molecule has 0 saturated heterocycles. The highest BCUT2D eigenvalue weighted by molar-refractivity contribution is 9.10. The Morgan fingerprint density at radius 1 is 1.62 bits per heavy atom. The van der Waals surface area contributed by atoms with E-state index in [0.717, 1.165) is 13.3 Å². The number of alkyl halides is 2. The van der Waals surface area contributed by atoms with Crippen molar-refractivity contribution in [1.29, 1.82) is 0 Å². The van der Waals surface area contributed by atoms with Gasteiger partial charge in [-0.25, -0.2) is 18.2 Å². The van der Waals surface area contributed by atoms with Crippen LogP contribution in [0.25, 0.3) is 0 Å². The molecular weight excluding hydrogens is 291 g/mol. The first kappa shape index (κ1) is 13.0. The van der Waals surface area contributed by atoms with Gasteiger partial charge in [0.2, 0.25) is 0 Å². The van der Waals surface area contributed by atoms with E-state index < -0.39 is 35.8 Å². The zero-order valence-electron chi connectivity index (χ0n) is 8.14. The van der Waals surface area contributed by atoms with Crippen LogP contribution >= 0.6 is 15.9 Å². The molecule has 0 saturated carbocycles. The molecule has 0 unspecified atom stereocenters. The van der Waals surface area contributed by atoms with Crippen LogP contribution in [-0.4, -0.2) is 18.1 Å². The molecule has 0 amide bonds. The number of carbonyl (C=O) groups excluding carboxylic acids is 1. The Balaban J connectivity index is 3.23. The fourth-order valence-electron chi connectivity index (χ4n) is 1.13. The summed E-state index contributed by atoms with van der Waals surface area (Å²) in [6.45, 7) is 0. The summed E-state index contributed by atoms with van der Waals surface area (Å²) in [4.78, 5) is 14.4. The van der Waals surface area contributed by atoms with Crippen LogP contribution in [-0.2, 0) is 16.0 Å². The zero-order valence-corrected chi connectivity index (χ0v) is 9.72. The summed E-state index contributed by atoms with van der Waals surface area (Å²) < 4.78 is 42.7. The molecule has 7 heteroatoms. The SMILES string of the molecule is COC(=O)Cc1c(F)cnc(Br)c1C(F)F. The van der Waals surface area contributed by atoms with Crippen LogP contribution in [0.1, 0.15) is 17.6 Å². The minimum atomic E-state index is -2.92. The van der Waals surface area contributed by atoms with Crippen molar-refractivity contribution in [2.24, 2.45) is 0 Å². The molecule has 0 aliphatic heterocycles. The van der Waals surface area contributed by atoms with E-state index in [9.17, 15) is 18.0 Å². The quantitative estimate of drug-likeness (QED) is 0.636. The highest BCUT2D eigenvalue weighted by atomic mass is 79.9. The molecule has 0 aliphatic rings. The van der Waals surface area contributed by atoms with E-state index in [1.54, 1.807) is 0 Å². The molecule has 1 rings (SSSR count). The number of halogens is 4. The summed E-state index contributed by atoms with van der Waals surface area (Å²) in [5.41, 5.74) is -1.02. The number of rotatable bonds is 3. The molecule has 88 valence electrons. The number of pyridine rings is 1. The summed E-state index contributed by atoms with van der Waals surface area (Å²) in [7, 11) is 1.10. The molecule has 0 radical (unpaired) electrons. The van der Waals surface area contributed by atoms with Gasteiger partial charge in [0.15, 0.2) is 0 Å². The van der Waals surface area contributed by atoms with Crippen molar-refractivity contribution < 1.29 is 22.7 Å². The highest BCUT2D eigenvalue weighted by Crippen LogP contribution is 2.30. The molecule has 16 heavy (non-hydrogen) atoms. The van der Waals surface area contributed by atoms with Gasteiger partial charge in [-0.2, -0.15) is 0 Å². The van der Waals surface area contributed by atoms with Crippen LogP contribution in [0.15, 0.2) is 10.8 Å². The van der Waals surface area contributed by atoms with E-state index in [1.807, 2.05) is 0 Å². The van der Waals surface area contributed by atoms with Gasteiger partial charge in [0.05, 0.1) is 25.3 Å². The molecule has 0 fully saturated rings. The number of nitrogens with zero attached hydrogens (tertiary/aromatic N) is 1. The van der Waals surface area contributed by atoms with Crippen molar-refractivity contribution in [1.82, 2.24) is 4.98 Å². The molecule has 0 atom stereocenters. The number of hydrogen-bond donors (Lipinski definition) is 0. The van der Waals surface area contributed by atoms with Crippen molar-refractivity contribution in [3.8, 4) is 0 Å². The summed E-state index contributed by atoms with van der Waals surface area (Å²) in [5, 5.41) is 0. The second-order valence-corrected chi connectivity index (χ2v) is 3.59. The van der Waals surface area contributed by atoms with Crippen LogP contribution in [0.3, 0.4) is 0 Å². The molecule has 0 bridgehead atoms. The summed E-state index contributed by atoms with van der Waals surface area (Å²) in [5.74, 6) is -1.75. The Kier molecular flexibility index (Phi) is 4.28. The number of methoxy groups -OCH3 is 1. The minimum Gasteiger partial charge on any atom is -0.469 e. The molecule has 0 aromatic carbocycles. The standard InChI is InChI=1S/C9H7BrF3NO2/c1-16-6(15)2-4-5(11)3-14-8(10)7(4)9(12)13/h3,9H,2H2,1H3. The fourth-order valence-corrected chi connectivity index (χ4v) is 1.65. The van der Waals surface area contributed by atoms with Crippen molar-refractivity contribution in [3.63, 3.8) is 0 Å². The van der Waals surface area contributed by atoms with Gasteiger partial charge in [-0.05, 0) is 15.9 Å². The molecule has 1 aromatic heterocycles. The number of carbonyl (C=O) groups is 1. The van der Waals surface area contributed by atoms with Gasteiger partial charge < -0.3 is 4.74 Å². The lowest BCUT2D eigenvalue weighted by Crippen LogP contribution is -2.10. The van der Waals surface area contributed by atoms with Gasteiger partial charge in [-0.3, -0.25) is 4.79 Å². The predicted octanol–water partition coefficient (Wildman–Crippen LogP) is 2.64. The summed E-state index contributed by atoms with van der Waals surface area (Å²) in [6, 6.07) is 0. The lowest BCUT2D eigenvalue weighted by Gasteiger charge is -2.10. The predicted molar refractivity (Wildman–Crippen MR) is 52.6 cm³/mol. The Morgan fingerprint density at radius 2 is 2.25 bits per heavy atom. The van der Waals surface area contributed by atoms with Gasteiger partial charge >= 0.3 is 5.97 Å². The largest absolute Gasteiger partial charge is 0.469 e. The van der Waals surface area contributed by atoms with Crippen LogP contribution in [0.2, 0.25) is 0 Å². The van der Waals surface area contributed by atoms with E-state index in [0.29, 0.717) is 0 Å². The number of hydrogen-bond acceptors (Lipinski definition) is 3. The highest BCUT2D eigenvalue weighted by Gasteiger charge is 2.23. The molecule has 0 N–H and O–H groups in total. The third-order valence-corrected chi connectivity index (χ3v) is 2.53. The van der Waals surface area contributed by atoms with Crippen molar-refractivity contribution >= 4 is 21.9 Å². The Labute approximate surface area is 97.8 Å². The topological polar surface area (TPSA) is 39.2 Å². The van der Waals surface area contributed by atoms with Crippen LogP contribution in [0.5, 0.6) is 0 Å². The molecular formula is C9H7BrF3NO2. The molecule has 3 nitrogen and oxygen atoms in total. The maximum absolute atomic E-state index is 13.3. The maximum atomic E-state index is 13.3. The van der Waals surface area contributed by atoms with Crippen LogP contribution < -0.4 is 0 Å². The Morgan fingerprint density at radius 3 is 2.75 bits per heavy atom. The molecule has 0 spiro atoms. The Bertz CT molecular complexity index is 412. The van der Waals surface area contributed by atoms with Gasteiger partial charge in [0, 0.05) is 5.56 Å². The van der Waals surface area contributed by atoms with Gasteiger partial charge in [0.25, 0.3) is 6.43 Å². The van der Waals surface area contributed by atoms with Gasteiger partial charge in [0.1, 0.15) is 10.4 Å². The first-order chi connectivity index (χ1) is 7.47. The molecule has 1 aromatic rings. The smallest absolute Gasteiger partial charge is 0.310 e. The maximum Gasteiger partial charge on any atom is 0.310 e. The normalized spacial score (nSPS) is 10.6. The third kappa shape index (κ3) is 2.72. The Hall–Kier alpha value is -1.11. The van der Waals surface area contributed by atoms with Crippen molar-refractivity contribution in [3.05, 3.63) is 27.7 Å². The second kappa shape index (κ2) is 5.29. The van der Waals surface area contributed by atoms with E-state index in [1.165, 1.54) is 0 Å². The fraction of sp³-hybridized carbons (Fsp3) is 0.333. The number of ether oxygens (including phenoxy) is 1. The van der Waals surface area contributed by atoms with E-state index in [2.05, 4.69) is 25.7 Å². The number of esters is 1. The monoisotopic (exact) mass is 297 g/mol. The first-order valence-corrected chi connectivity index (χ1v) is 4.94.